The predicted octanol–water partition coefficient (Wildman–Crippen LogP) is -0.331. The Hall–Kier alpha value is -1.07. The molecule has 0 bridgehead atoms. The second-order valence-electron chi connectivity index (χ2n) is 3.68. The van der Waals surface area contributed by atoms with Gasteiger partial charge in [-0.25, -0.2) is 0 Å². The third kappa shape index (κ3) is 1.88. The molecule has 1 aromatic heterocycles. The number of aromatic amines is 2. The molecule has 5 heteroatoms. The van der Waals surface area contributed by atoms with E-state index in [1.165, 1.54) is 0 Å². The van der Waals surface area contributed by atoms with Gasteiger partial charge in [-0.2, -0.15) is 0 Å². The van der Waals surface area contributed by atoms with E-state index in [0.29, 0.717) is 0 Å². The maximum Gasteiger partial charge on any atom is 0.264 e. The molecule has 5 nitrogen and oxygen atoms in total. The molecule has 0 spiro atoms. The van der Waals surface area contributed by atoms with Gasteiger partial charge in [0.1, 0.15) is 0 Å². The highest BCUT2D eigenvalue weighted by molar-refractivity contribution is 5.04. The Bertz CT molecular complexity index is 337. The first-order valence-corrected chi connectivity index (χ1v) is 5.00. The molecule has 1 aliphatic rings. The van der Waals surface area contributed by atoms with Gasteiger partial charge in [0.25, 0.3) is 5.56 Å². The van der Waals surface area contributed by atoms with Crippen molar-refractivity contribution in [2.75, 3.05) is 26.2 Å². The molecule has 78 valence electrons. The average molecular weight is 196 g/mol. The van der Waals surface area contributed by atoms with Gasteiger partial charge in [-0.15, -0.1) is 0 Å². The number of piperazine rings is 1. The van der Waals surface area contributed by atoms with Gasteiger partial charge in [0.05, 0.1) is 5.69 Å². The summed E-state index contributed by atoms with van der Waals surface area (Å²) in [7, 11) is 0. The third-order valence-electron chi connectivity index (χ3n) is 2.77. The maximum absolute atomic E-state index is 11.0. The van der Waals surface area contributed by atoms with Crippen molar-refractivity contribution in [3.8, 4) is 0 Å². The van der Waals surface area contributed by atoms with Crippen molar-refractivity contribution in [3.05, 3.63) is 22.1 Å². The molecule has 1 fully saturated rings. The second-order valence-corrected chi connectivity index (χ2v) is 3.68. The van der Waals surface area contributed by atoms with E-state index in [2.05, 4.69) is 27.3 Å². The highest BCUT2D eigenvalue weighted by Gasteiger charge is 2.18. The van der Waals surface area contributed by atoms with Crippen LogP contribution in [-0.4, -0.2) is 41.3 Å². The Morgan fingerprint density at radius 3 is 2.64 bits per heavy atom. The van der Waals surface area contributed by atoms with Crippen LogP contribution in [0.2, 0.25) is 0 Å². The van der Waals surface area contributed by atoms with Crippen molar-refractivity contribution in [1.82, 2.24) is 20.4 Å². The molecule has 1 aromatic rings. The van der Waals surface area contributed by atoms with Crippen LogP contribution in [0, 0.1) is 0 Å². The molecule has 0 saturated carbocycles. The van der Waals surface area contributed by atoms with Crippen molar-refractivity contribution in [2.45, 2.75) is 13.0 Å². The number of aromatic nitrogens is 2. The summed E-state index contributed by atoms with van der Waals surface area (Å²) in [6, 6.07) is 1.92. The van der Waals surface area contributed by atoms with Crippen molar-refractivity contribution < 1.29 is 0 Å². The van der Waals surface area contributed by atoms with Gasteiger partial charge in [0, 0.05) is 38.3 Å². The van der Waals surface area contributed by atoms with Crippen LogP contribution < -0.4 is 10.9 Å². The largest absolute Gasteiger partial charge is 0.314 e. The van der Waals surface area contributed by atoms with Crippen LogP contribution in [0.3, 0.4) is 0 Å². The molecule has 1 atom stereocenters. The quantitative estimate of drug-likeness (QED) is 0.607. The summed E-state index contributed by atoms with van der Waals surface area (Å²) in [5.41, 5.74) is 0.916. The lowest BCUT2D eigenvalue weighted by Crippen LogP contribution is -2.44. The van der Waals surface area contributed by atoms with Crippen LogP contribution in [0.1, 0.15) is 18.7 Å². The summed E-state index contributed by atoms with van der Waals surface area (Å²) in [4.78, 5) is 13.3. The van der Waals surface area contributed by atoms with Crippen molar-refractivity contribution in [3.63, 3.8) is 0 Å². The number of H-pyrrole nitrogens is 2. The fourth-order valence-corrected chi connectivity index (χ4v) is 1.84. The number of hydrogen-bond acceptors (Lipinski definition) is 3. The molecule has 14 heavy (non-hydrogen) atoms. The van der Waals surface area contributed by atoms with Gasteiger partial charge in [-0.1, -0.05) is 0 Å². The van der Waals surface area contributed by atoms with Gasteiger partial charge < -0.3 is 10.4 Å². The van der Waals surface area contributed by atoms with Gasteiger partial charge in [0.15, 0.2) is 0 Å². The van der Waals surface area contributed by atoms with E-state index >= 15 is 0 Å². The molecule has 1 saturated heterocycles. The van der Waals surface area contributed by atoms with Crippen molar-refractivity contribution in [2.24, 2.45) is 0 Å². The Morgan fingerprint density at radius 1 is 1.36 bits per heavy atom. The van der Waals surface area contributed by atoms with Crippen molar-refractivity contribution >= 4 is 0 Å². The van der Waals surface area contributed by atoms with E-state index in [-0.39, 0.29) is 11.6 Å². The zero-order chi connectivity index (χ0) is 9.97. The molecule has 0 amide bonds. The first-order valence-electron chi connectivity index (χ1n) is 5.00. The maximum atomic E-state index is 11.0. The third-order valence-corrected chi connectivity index (χ3v) is 2.77. The monoisotopic (exact) mass is 196 g/mol. The molecule has 0 aromatic carbocycles. The van der Waals surface area contributed by atoms with Crippen LogP contribution >= 0.6 is 0 Å². The summed E-state index contributed by atoms with van der Waals surface area (Å²) in [6.07, 6.45) is 0. The van der Waals surface area contributed by atoms with Gasteiger partial charge >= 0.3 is 0 Å². The fourth-order valence-electron chi connectivity index (χ4n) is 1.84. The lowest BCUT2D eigenvalue weighted by Gasteiger charge is -2.31. The Labute approximate surface area is 82.5 Å². The Balaban J connectivity index is 2.06. The van der Waals surface area contributed by atoms with E-state index in [1.54, 1.807) is 6.07 Å². The molecular weight excluding hydrogens is 180 g/mol. The fraction of sp³-hybridized carbons (Fsp3) is 0.667. The standard InChI is InChI=1S/C9H16N4O/c1-7(8-6-9(14)12-11-8)13-4-2-10-3-5-13/h6-7,10H,2-5H2,1H3,(H2,11,12,14). The lowest BCUT2D eigenvalue weighted by atomic mass is 10.2. The molecule has 0 aliphatic carbocycles. The predicted molar refractivity (Wildman–Crippen MR) is 54.3 cm³/mol. The Morgan fingerprint density at radius 2 is 2.07 bits per heavy atom. The van der Waals surface area contributed by atoms with E-state index < -0.39 is 0 Å². The minimum atomic E-state index is -0.0537. The van der Waals surface area contributed by atoms with Crippen molar-refractivity contribution in [1.29, 1.82) is 0 Å². The van der Waals surface area contributed by atoms with Gasteiger partial charge in [-0.3, -0.25) is 14.8 Å². The van der Waals surface area contributed by atoms with Crippen LogP contribution in [0.15, 0.2) is 10.9 Å². The smallest absolute Gasteiger partial charge is 0.264 e. The van der Waals surface area contributed by atoms with Gasteiger partial charge in [0.2, 0.25) is 0 Å². The average Bonchev–Trinajstić information content (AvgIpc) is 2.65. The normalized spacial score (nSPS) is 20.9. The van der Waals surface area contributed by atoms with Crippen LogP contribution in [0.4, 0.5) is 0 Å². The Kier molecular flexibility index (Phi) is 2.69. The molecule has 1 aliphatic heterocycles. The minimum Gasteiger partial charge on any atom is -0.314 e. The first kappa shape index (κ1) is 9.48. The number of hydrogen-bond donors (Lipinski definition) is 3. The topological polar surface area (TPSA) is 63.9 Å². The molecule has 3 N–H and O–H groups in total. The first-order chi connectivity index (χ1) is 6.77. The summed E-state index contributed by atoms with van der Waals surface area (Å²) in [5, 5.41) is 8.77. The number of rotatable bonds is 2. The highest BCUT2D eigenvalue weighted by atomic mass is 16.1. The van der Waals surface area contributed by atoms with Gasteiger partial charge in [-0.05, 0) is 6.92 Å². The van der Waals surface area contributed by atoms with E-state index in [4.69, 9.17) is 0 Å². The number of nitrogens with one attached hydrogen (secondary N) is 3. The molecular formula is C9H16N4O. The van der Waals surface area contributed by atoms with E-state index in [0.717, 1.165) is 31.9 Å². The lowest BCUT2D eigenvalue weighted by molar-refractivity contribution is 0.182. The summed E-state index contributed by atoms with van der Waals surface area (Å²) < 4.78 is 0. The zero-order valence-corrected chi connectivity index (χ0v) is 8.34. The van der Waals surface area contributed by atoms with E-state index in [9.17, 15) is 4.79 Å². The van der Waals surface area contributed by atoms with Crippen LogP contribution in [0.5, 0.6) is 0 Å². The SMILES string of the molecule is CC(c1cc(=O)[nH][nH]1)N1CCNCC1. The summed E-state index contributed by atoms with van der Waals surface area (Å²) in [6.45, 7) is 6.24. The van der Waals surface area contributed by atoms with Crippen LogP contribution in [-0.2, 0) is 0 Å². The molecule has 2 heterocycles. The molecule has 1 unspecified atom stereocenters. The second kappa shape index (κ2) is 3.98. The highest BCUT2D eigenvalue weighted by Crippen LogP contribution is 2.16. The summed E-state index contributed by atoms with van der Waals surface area (Å²) >= 11 is 0. The van der Waals surface area contributed by atoms with Crippen LogP contribution in [0.25, 0.3) is 0 Å². The zero-order valence-electron chi connectivity index (χ0n) is 8.34. The molecule has 2 rings (SSSR count). The minimum absolute atomic E-state index is 0.0537. The summed E-state index contributed by atoms with van der Waals surface area (Å²) in [5.74, 6) is 0. The van der Waals surface area contributed by atoms with E-state index in [1.807, 2.05) is 0 Å². The molecule has 0 radical (unpaired) electrons. The number of nitrogens with zero attached hydrogens (tertiary/aromatic N) is 1.